The molecule has 1 nitrogen and oxygen atoms in total. The molecule has 0 radical (unpaired) electrons. The third-order valence-electron chi connectivity index (χ3n) is 3.53. The summed E-state index contributed by atoms with van der Waals surface area (Å²) < 4.78 is 0. The van der Waals surface area contributed by atoms with Crippen LogP contribution in [0.3, 0.4) is 0 Å². The monoisotopic (exact) mass is 190 g/mol. The summed E-state index contributed by atoms with van der Waals surface area (Å²) in [6, 6.07) is 8.45. The second kappa shape index (κ2) is 3.74. The Balaban J connectivity index is 2.11. The fourth-order valence-corrected chi connectivity index (χ4v) is 2.24. The third-order valence-corrected chi connectivity index (χ3v) is 3.53. The van der Waals surface area contributed by atoms with Crippen LogP contribution in [-0.2, 0) is 6.42 Å². The van der Waals surface area contributed by atoms with Crippen molar-refractivity contribution in [1.29, 1.82) is 0 Å². The first-order chi connectivity index (χ1) is 6.74. The maximum Gasteiger partial charge on any atom is 0.0637 e. The highest BCUT2D eigenvalue weighted by Gasteiger charge is 2.33. The number of aliphatic hydroxyl groups is 1. The molecule has 0 amide bonds. The summed E-state index contributed by atoms with van der Waals surface area (Å²) in [5.74, 6) is 0.800. The van der Waals surface area contributed by atoms with Crippen LogP contribution in [0.1, 0.15) is 37.3 Å². The molecule has 1 heteroatoms. The molecule has 0 aliphatic heterocycles. The molecule has 1 aliphatic carbocycles. The van der Waals surface area contributed by atoms with Crippen LogP contribution in [0, 0.1) is 5.92 Å². The van der Waals surface area contributed by atoms with E-state index in [1.54, 1.807) is 0 Å². The van der Waals surface area contributed by atoms with Gasteiger partial charge in [0.2, 0.25) is 0 Å². The molecular formula is C13H18O. The van der Waals surface area contributed by atoms with Crippen molar-refractivity contribution >= 4 is 0 Å². The van der Waals surface area contributed by atoms with Crippen molar-refractivity contribution in [2.45, 2.75) is 38.7 Å². The van der Waals surface area contributed by atoms with Crippen molar-refractivity contribution < 1.29 is 5.11 Å². The van der Waals surface area contributed by atoms with Crippen LogP contribution in [0.2, 0.25) is 0 Å². The predicted octanol–water partition coefficient (Wildman–Crippen LogP) is 2.73. The van der Waals surface area contributed by atoms with Gasteiger partial charge in [-0.25, -0.2) is 0 Å². The molecular weight excluding hydrogens is 172 g/mol. The van der Waals surface area contributed by atoms with Crippen LogP contribution in [0.15, 0.2) is 24.3 Å². The Kier molecular flexibility index (Phi) is 2.60. The van der Waals surface area contributed by atoms with E-state index in [-0.39, 0.29) is 6.10 Å². The highest BCUT2D eigenvalue weighted by atomic mass is 16.3. The van der Waals surface area contributed by atoms with Crippen molar-refractivity contribution in [2.24, 2.45) is 5.92 Å². The normalized spacial score (nSPS) is 23.5. The van der Waals surface area contributed by atoms with E-state index in [2.05, 4.69) is 38.1 Å². The largest absolute Gasteiger partial charge is 0.392 e. The Morgan fingerprint density at radius 2 is 2.14 bits per heavy atom. The van der Waals surface area contributed by atoms with Gasteiger partial charge in [-0.3, -0.25) is 0 Å². The molecule has 14 heavy (non-hydrogen) atoms. The number of hydrogen-bond acceptors (Lipinski definition) is 1. The lowest BCUT2D eigenvalue weighted by Crippen LogP contribution is -2.33. The van der Waals surface area contributed by atoms with E-state index in [0.29, 0.717) is 11.8 Å². The molecule has 0 saturated carbocycles. The van der Waals surface area contributed by atoms with Gasteiger partial charge >= 0.3 is 0 Å². The fraction of sp³-hybridized carbons (Fsp3) is 0.538. The topological polar surface area (TPSA) is 20.2 Å². The molecule has 0 saturated heterocycles. The summed E-state index contributed by atoms with van der Waals surface area (Å²) in [4.78, 5) is 0. The van der Waals surface area contributed by atoms with E-state index in [0.717, 1.165) is 12.8 Å². The lowest BCUT2D eigenvalue weighted by atomic mass is 9.71. The van der Waals surface area contributed by atoms with Crippen molar-refractivity contribution in [1.82, 2.24) is 0 Å². The zero-order chi connectivity index (χ0) is 10.1. The molecule has 1 N–H and O–H groups in total. The summed E-state index contributed by atoms with van der Waals surface area (Å²) >= 11 is 0. The highest BCUT2D eigenvalue weighted by Crippen LogP contribution is 2.39. The van der Waals surface area contributed by atoms with Gasteiger partial charge in [0.1, 0.15) is 0 Å². The lowest BCUT2D eigenvalue weighted by molar-refractivity contribution is 0.0782. The Bertz CT molecular complexity index is 319. The molecule has 1 aliphatic rings. The summed E-state index contributed by atoms with van der Waals surface area (Å²) in [7, 11) is 0. The van der Waals surface area contributed by atoms with Gasteiger partial charge in [0.05, 0.1) is 6.10 Å². The van der Waals surface area contributed by atoms with Gasteiger partial charge in [0.25, 0.3) is 0 Å². The Labute approximate surface area is 85.8 Å². The maximum atomic E-state index is 10.1. The molecule has 1 aromatic rings. The summed E-state index contributed by atoms with van der Waals surface area (Å²) in [6.07, 6.45) is 1.96. The van der Waals surface area contributed by atoms with Crippen LogP contribution in [0.5, 0.6) is 0 Å². The van der Waals surface area contributed by atoms with Crippen molar-refractivity contribution in [3.05, 3.63) is 35.4 Å². The molecule has 2 rings (SSSR count). The third kappa shape index (κ3) is 1.46. The summed E-state index contributed by atoms with van der Waals surface area (Å²) in [5, 5.41) is 10.1. The average Bonchev–Trinajstić information content (AvgIpc) is 2.18. The van der Waals surface area contributed by atoms with Crippen LogP contribution < -0.4 is 0 Å². The number of benzene rings is 1. The van der Waals surface area contributed by atoms with Crippen LogP contribution in [0.4, 0.5) is 0 Å². The maximum absolute atomic E-state index is 10.1. The molecule has 0 heterocycles. The number of aliphatic hydroxyl groups excluding tert-OH is 1. The van der Waals surface area contributed by atoms with Gasteiger partial charge in [0, 0.05) is 5.92 Å². The van der Waals surface area contributed by atoms with Crippen LogP contribution in [0.25, 0.3) is 0 Å². The molecule has 0 fully saturated rings. The summed E-state index contributed by atoms with van der Waals surface area (Å²) in [6.45, 7) is 4.27. The number of hydrogen-bond donors (Lipinski definition) is 1. The molecule has 3 unspecified atom stereocenters. The molecule has 76 valence electrons. The van der Waals surface area contributed by atoms with Gasteiger partial charge in [0.15, 0.2) is 0 Å². The smallest absolute Gasteiger partial charge is 0.0637 e. The van der Waals surface area contributed by atoms with E-state index in [9.17, 15) is 5.11 Å². The van der Waals surface area contributed by atoms with Gasteiger partial charge in [-0.1, -0.05) is 44.5 Å². The average molecular weight is 190 g/mol. The van der Waals surface area contributed by atoms with Crippen LogP contribution in [-0.4, -0.2) is 11.2 Å². The minimum Gasteiger partial charge on any atom is -0.392 e. The van der Waals surface area contributed by atoms with Crippen molar-refractivity contribution in [3.63, 3.8) is 0 Å². The first kappa shape index (κ1) is 9.72. The van der Waals surface area contributed by atoms with Gasteiger partial charge in [-0.2, -0.15) is 0 Å². The van der Waals surface area contributed by atoms with E-state index in [1.165, 1.54) is 11.1 Å². The molecule has 3 atom stereocenters. The molecule has 0 spiro atoms. The second-order valence-electron chi connectivity index (χ2n) is 4.39. The van der Waals surface area contributed by atoms with Crippen molar-refractivity contribution in [3.8, 4) is 0 Å². The van der Waals surface area contributed by atoms with E-state index < -0.39 is 0 Å². The first-order valence-corrected chi connectivity index (χ1v) is 5.50. The standard InChI is InChI=1S/C13H18O/c1-3-9(2)13(14)12-8-10-6-4-5-7-11(10)12/h4-7,9,12-14H,3,8H2,1-2H3. The zero-order valence-electron chi connectivity index (χ0n) is 8.90. The van der Waals surface area contributed by atoms with Crippen LogP contribution >= 0.6 is 0 Å². The Morgan fingerprint density at radius 1 is 1.43 bits per heavy atom. The van der Waals surface area contributed by atoms with Crippen molar-refractivity contribution in [2.75, 3.05) is 0 Å². The Morgan fingerprint density at radius 3 is 2.79 bits per heavy atom. The fourth-order valence-electron chi connectivity index (χ4n) is 2.24. The Hall–Kier alpha value is -0.820. The minimum absolute atomic E-state index is 0.158. The second-order valence-corrected chi connectivity index (χ2v) is 4.39. The van der Waals surface area contributed by atoms with Gasteiger partial charge < -0.3 is 5.11 Å². The first-order valence-electron chi connectivity index (χ1n) is 5.50. The molecule has 1 aromatic carbocycles. The lowest BCUT2D eigenvalue weighted by Gasteiger charge is -2.36. The summed E-state index contributed by atoms with van der Waals surface area (Å²) in [5.41, 5.74) is 2.78. The van der Waals surface area contributed by atoms with E-state index in [1.807, 2.05) is 0 Å². The number of rotatable bonds is 3. The van der Waals surface area contributed by atoms with Gasteiger partial charge in [-0.05, 0) is 23.5 Å². The van der Waals surface area contributed by atoms with E-state index >= 15 is 0 Å². The number of fused-ring (bicyclic) bond motifs is 1. The molecule has 0 aromatic heterocycles. The highest BCUT2D eigenvalue weighted by molar-refractivity contribution is 5.40. The zero-order valence-corrected chi connectivity index (χ0v) is 8.90. The predicted molar refractivity (Wildman–Crippen MR) is 58.3 cm³/mol. The minimum atomic E-state index is -0.158. The van der Waals surface area contributed by atoms with E-state index in [4.69, 9.17) is 0 Å². The molecule has 0 bridgehead atoms. The van der Waals surface area contributed by atoms with Gasteiger partial charge in [-0.15, -0.1) is 0 Å². The SMILES string of the molecule is CCC(C)C(O)C1Cc2ccccc21. The quantitative estimate of drug-likeness (QED) is 0.777.